The van der Waals surface area contributed by atoms with Gasteiger partial charge in [-0.2, -0.15) is 5.10 Å². The Hall–Kier alpha value is -0.750. The molecule has 0 atom stereocenters. The first-order chi connectivity index (χ1) is 9.55. The van der Waals surface area contributed by atoms with Crippen LogP contribution in [-0.4, -0.2) is 35.8 Å². The Morgan fingerprint density at radius 2 is 1.85 bits per heavy atom. The van der Waals surface area contributed by atoms with Gasteiger partial charge < -0.3 is 4.74 Å². The van der Waals surface area contributed by atoms with Crippen molar-refractivity contribution in [3.63, 3.8) is 0 Å². The van der Waals surface area contributed by atoms with Crippen LogP contribution in [0, 0.1) is 0 Å². The third-order valence-electron chi connectivity index (χ3n) is 4.17. The van der Waals surface area contributed by atoms with Gasteiger partial charge in [0.2, 0.25) is 0 Å². The highest BCUT2D eigenvalue weighted by Gasteiger charge is 2.28. The average Bonchev–Trinajstić information content (AvgIpc) is 3.02. The molecule has 0 aromatic carbocycles. The minimum absolute atomic E-state index is 0.0620. The second kappa shape index (κ2) is 5.56. The van der Waals surface area contributed by atoms with Crippen LogP contribution in [0.4, 0.5) is 0 Å². The third kappa shape index (κ3) is 2.96. The van der Waals surface area contributed by atoms with Crippen LogP contribution < -0.4 is 4.74 Å². The normalized spacial score (nSPS) is 24.1. The molecule has 0 radical (unpaired) electrons. The maximum absolute atomic E-state index is 11.5. The van der Waals surface area contributed by atoms with Crippen molar-refractivity contribution in [3.8, 4) is 5.75 Å². The fraction of sp³-hybridized carbons (Fsp3) is 0.769. The fourth-order valence-corrected chi connectivity index (χ4v) is 4.71. The number of ether oxygens (including phenoxy) is 1. The molecule has 1 aromatic rings. The number of hydrogen-bond acceptors (Lipinski definition) is 4. The van der Waals surface area contributed by atoms with Gasteiger partial charge in [-0.05, 0) is 38.5 Å². The summed E-state index contributed by atoms with van der Waals surface area (Å²) in [5, 5.41) is 4.80. The fourth-order valence-electron chi connectivity index (χ4n) is 2.97. The predicted molar refractivity (Wildman–Crippen MR) is 77.0 cm³/mol. The molecule has 5 nitrogen and oxygen atoms in total. The van der Waals surface area contributed by atoms with Crippen molar-refractivity contribution in [1.82, 2.24) is 9.78 Å². The largest absolute Gasteiger partial charge is 0.486 e. The molecule has 2 fully saturated rings. The first-order valence-corrected chi connectivity index (χ1v) is 9.35. The van der Waals surface area contributed by atoms with Crippen LogP contribution in [0.15, 0.2) is 6.20 Å². The molecule has 0 amide bonds. The van der Waals surface area contributed by atoms with E-state index in [0.717, 1.165) is 12.8 Å². The molecule has 1 saturated heterocycles. The van der Waals surface area contributed by atoms with Crippen LogP contribution >= 0.6 is 11.6 Å². The summed E-state index contributed by atoms with van der Waals surface area (Å²) in [4.78, 5) is 0. The summed E-state index contributed by atoms with van der Waals surface area (Å²) in [6.07, 6.45) is 7.61. The van der Waals surface area contributed by atoms with Crippen molar-refractivity contribution in [2.75, 3.05) is 11.5 Å². The number of halogens is 1. The summed E-state index contributed by atoms with van der Waals surface area (Å²) in [5.74, 6) is 1.06. The molecule has 0 N–H and O–H groups in total. The Kier molecular flexibility index (Phi) is 3.95. The topological polar surface area (TPSA) is 61.2 Å². The van der Waals surface area contributed by atoms with Crippen LogP contribution in [0.5, 0.6) is 5.75 Å². The lowest BCUT2D eigenvalue weighted by Gasteiger charge is -2.23. The summed E-state index contributed by atoms with van der Waals surface area (Å²) in [7, 11) is -2.86. The molecule has 20 heavy (non-hydrogen) atoms. The quantitative estimate of drug-likeness (QED) is 0.859. The highest BCUT2D eigenvalue weighted by Crippen LogP contribution is 2.34. The zero-order valence-corrected chi connectivity index (χ0v) is 12.9. The van der Waals surface area contributed by atoms with Crippen molar-refractivity contribution >= 4 is 21.4 Å². The first-order valence-electron chi connectivity index (χ1n) is 7.15. The first kappa shape index (κ1) is 14.2. The van der Waals surface area contributed by atoms with E-state index in [2.05, 4.69) is 5.10 Å². The second-order valence-corrected chi connectivity index (χ2v) is 8.31. The Labute approximate surface area is 124 Å². The Bertz CT molecular complexity index is 564. The van der Waals surface area contributed by atoms with E-state index in [1.165, 1.54) is 12.8 Å². The van der Waals surface area contributed by atoms with E-state index in [1.54, 1.807) is 10.9 Å². The average molecular weight is 319 g/mol. The molecular weight excluding hydrogens is 300 g/mol. The highest BCUT2D eigenvalue weighted by molar-refractivity contribution is 7.91. The van der Waals surface area contributed by atoms with Crippen molar-refractivity contribution < 1.29 is 13.2 Å². The summed E-state index contributed by atoms with van der Waals surface area (Å²) < 4.78 is 30.5. The number of aromatic nitrogens is 2. The maximum Gasteiger partial charge on any atom is 0.176 e. The SMILES string of the molecule is O=S1(=O)CCC(n2ncc(OC3CCCC3)c2Cl)CC1. The lowest BCUT2D eigenvalue weighted by Crippen LogP contribution is -2.26. The lowest BCUT2D eigenvalue weighted by molar-refractivity contribution is 0.209. The van der Waals surface area contributed by atoms with Crippen LogP contribution in [0.1, 0.15) is 44.6 Å². The smallest absolute Gasteiger partial charge is 0.176 e. The molecule has 1 aromatic heterocycles. The predicted octanol–water partition coefficient (Wildman–Crippen LogP) is 2.61. The number of hydrogen-bond donors (Lipinski definition) is 0. The van der Waals surface area contributed by atoms with Gasteiger partial charge in [-0.15, -0.1) is 0 Å². The van der Waals surface area contributed by atoms with Gasteiger partial charge in [0.1, 0.15) is 9.84 Å². The molecule has 1 aliphatic heterocycles. The minimum atomic E-state index is -2.86. The lowest BCUT2D eigenvalue weighted by atomic mass is 10.2. The van der Waals surface area contributed by atoms with Crippen LogP contribution in [0.25, 0.3) is 0 Å². The van der Waals surface area contributed by atoms with Gasteiger partial charge >= 0.3 is 0 Å². The maximum atomic E-state index is 11.5. The molecule has 2 aliphatic rings. The number of rotatable bonds is 3. The summed E-state index contributed by atoms with van der Waals surface area (Å²) in [6.45, 7) is 0. The zero-order chi connectivity index (χ0) is 14.2. The van der Waals surface area contributed by atoms with Crippen molar-refractivity contribution in [2.24, 2.45) is 0 Å². The van der Waals surface area contributed by atoms with E-state index in [4.69, 9.17) is 16.3 Å². The van der Waals surface area contributed by atoms with Gasteiger partial charge in [-0.1, -0.05) is 11.6 Å². The second-order valence-electron chi connectivity index (χ2n) is 5.65. The highest BCUT2D eigenvalue weighted by atomic mass is 35.5. The summed E-state index contributed by atoms with van der Waals surface area (Å²) in [6, 6.07) is 0.0620. The molecule has 0 bridgehead atoms. The molecule has 2 heterocycles. The van der Waals surface area contributed by atoms with Crippen LogP contribution in [0.2, 0.25) is 5.15 Å². The zero-order valence-electron chi connectivity index (χ0n) is 11.3. The van der Waals surface area contributed by atoms with E-state index in [0.29, 0.717) is 23.7 Å². The van der Waals surface area contributed by atoms with Gasteiger partial charge in [-0.25, -0.2) is 13.1 Å². The molecule has 1 aliphatic carbocycles. The molecule has 7 heteroatoms. The summed E-state index contributed by atoms with van der Waals surface area (Å²) in [5.41, 5.74) is 0. The standard InChI is InChI=1S/C13H19ClN2O3S/c14-13-12(19-11-3-1-2-4-11)9-15-16(13)10-5-7-20(17,18)8-6-10/h9-11H,1-8H2. The Morgan fingerprint density at radius 1 is 1.20 bits per heavy atom. The van der Waals surface area contributed by atoms with Gasteiger partial charge in [0, 0.05) is 0 Å². The van der Waals surface area contributed by atoms with E-state index in [1.807, 2.05) is 0 Å². The molecule has 0 unspecified atom stereocenters. The number of nitrogens with zero attached hydrogens (tertiary/aromatic N) is 2. The minimum Gasteiger partial charge on any atom is -0.486 e. The van der Waals surface area contributed by atoms with E-state index < -0.39 is 9.84 Å². The Morgan fingerprint density at radius 3 is 2.50 bits per heavy atom. The van der Waals surface area contributed by atoms with Crippen LogP contribution in [-0.2, 0) is 9.84 Å². The van der Waals surface area contributed by atoms with Crippen molar-refractivity contribution in [3.05, 3.63) is 11.3 Å². The molecule has 3 rings (SSSR count). The molecule has 1 saturated carbocycles. The van der Waals surface area contributed by atoms with E-state index in [9.17, 15) is 8.42 Å². The van der Waals surface area contributed by atoms with Gasteiger partial charge in [0.05, 0.1) is 29.8 Å². The van der Waals surface area contributed by atoms with E-state index in [-0.39, 0.29) is 23.7 Å². The van der Waals surface area contributed by atoms with Crippen LogP contribution in [0.3, 0.4) is 0 Å². The monoisotopic (exact) mass is 318 g/mol. The molecule has 112 valence electrons. The van der Waals surface area contributed by atoms with E-state index >= 15 is 0 Å². The molecule has 0 spiro atoms. The summed E-state index contributed by atoms with van der Waals surface area (Å²) >= 11 is 6.33. The van der Waals surface area contributed by atoms with Gasteiger partial charge in [0.15, 0.2) is 10.9 Å². The van der Waals surface area contributed by atoms with Gasteiger partial charge in [0.25, 0.3) is 0 Å². The number of sulfone groups is 1. The molecular formula is C13H19ClN2O3S. The van der Waals surface area contributed by atoms with Crippen molar-refractivity contribution in [1.29, 1.82) is 0 Å². The third-order valence-corrected chi connectivity index (χ3v) is 6.24. The van der Waals surface area contributed by atoms with Gasteiger partial charge in [-0.3, -0.25) is 0 Å². The Balaban J connectivity index is 1.70. The van der Waals surface area contributed by atoms with Crippen molar-refractivity contribution in [2.45, 2.75) is 50.7 Å².